The van der Waals surface area contributed by atoms with Gasteiger partial charge in [-0.2, -0.15) is 6.07 Å². The summed E-state index contributed by atoms with van der Waals surface area (Å²) in [5.74, 6) is 2.08. The minimum atomic E-state index is -0.487. The summed E-state index contributed by atoms with van der Waals surface area (Å²) in [7, 11) is 0. The van der Waals surface area contributed by atoms with E-state index in [0.29, 0.717) is 11.5 Å². The molecule has 2 aromatic heterocycles. The molecule has 0 saturated carbocycles. The molecule has 0 fully saturated rings. The van der Waals surface area contributed by atoms with Gasteiger partial charge in [0.2, 0.25) is 0 Å². The maximum Gasteiger partial charge on any atom is 0.135 e. The van der Waals surface area contributed by atoms with Crippen molar-refractivity contribution in [2.24, 2.45) is 0 Å². The molecule has 0 radical (unpaired) electrons. The smallest absolute Gasteiger partial charge is 0.135 e. The number of pyridine rings is 1. The second-order valence-corrected chi connectivity index (χ2v) is 24.9. The second kappa shape index (κ2) is 18.9. The van der Waals surface area contributed by atoms with Crippen LogP contribution >= 0.6 is 0 Å². The van der Waals surface area contributed by atoms with Crippen molar-refractivity contribution in [1.29, 1.82) is 0 Å². The number of benzene rings is 6. The number of rotatable bonds is 9. The Labute approximate surface area is 445 Å². The molecule has 0 amide bonds. The molecule has 1 aliphatic rings. The number of fused-ring (bicyclic) bond motifs is 3. The molecule has 0 bridgehead atoms. The van der Waals surface area contributed by atoms with Crippen LogP contribution in [-0.4, -0.2) is 9.55 Å². The molecule has 1 aliphatic heterocycles. The van der Waals surface area contributed by atoms with Crippen molar-refractivity contribution in [2.45, 2.75) is 143 Å². The van der Waals surface area contributed by atoms with Crippen molar-refractivity contribution in [1.82, 2.24) is 9.55 Å². The van der Waals surface area contributed by atoms with Crippen molar-refractivity contribution >= 4 is 33.2 Å². The number of nitrogens with zero attached hydrogens (tertiary/aromatic N) is 4. The summed E-state index contributed by atoms with van der Waals surface area (Å²) in [5.41, 5.74) is 12.4. The minimum absolute atomic E-state index is 0. The molecule has 0 spiro atoms. The Morgan fingerprint density at radius 3 is 1.51 bits per heavy atom. The third-order valence-electron chi connectivity index (χ3n) is 14.6. The molecule has 9 rings (SSSR count). The van der Waals surface area contributed by atoms with Gasteiger partial charge in [-0.1, -0.05) is 201 Å². The molecule has 6 heteroatoms. The molecule has 72 heavy (non-hydrogen) atoms. The van der Waals surface area contributed by atoms with E-state index < -0.39 is 10.8 Å². The number of para-hydroxylation sites is 1. The summed E-state index contributed by atoms with van der Waals surface area (Å²) in [6, 6.07) is 58.3. The fourth-order valence-corrected chi connectivity index (χ4v) is 10.1. The average molecular weight is 1130 g/mol. The first-order chi connectivity index (χ1) is 33.2. The van der Waals surface area contributed by atoms with Crippen LogP contribution in [0.2, 0.25) is 0 Å². The maximum absolute atomic E-state index is 7.06. The maximum atomic E-state index is 7.06. The first kappa shape index (κ1) is 52.4. The Hall–Kier alpha value is -5.90. The molecule has 5 nitrogen and oxygen atoms in total. The predicted molar refractivity (Wildman–Crippen MR) is 299 cm³/mol. The quantitative estimate of drug-likeness (QED) is 0.135. The van der Waals surface area contributed by atoms with Gasteiger partial charge in [-0.15, -0.1) is 53.6 Å². The normalized spacial score (nSPS) is 14.1. The van der Waals surface area contributed by atoms with Crippen LogP contribution in [0.15, 0.2) is 157 Å². The molecule has 0 aliphatic carbocycles. The van der Waals surface area contributed by atoms with Crippen LogP contribution in [0, 0.1) is 18.8 Å². The Morgan fingerprint density at radius 2 is 0.958 bits per heavy atom. The third-order valence-corrected chi connectivity index (χ3v) is 14.6. The summed E-state index contributed by atoms with van der Waals surface area (Å²) < 4.78 is 9.28. The summed E-state index contributed by atoms with van der Waals surface area (Å²) in [4.78, 5) is 9.83. The van der Waals surface area contributed by atoms with Crippen molar-refractivity contribution in [3.63, 3.8) is 0 Å². The zero-order valence-corrected chi connectivity index (χ0v) is 47.7. The minimum Gasteiger partial charge on any atom is -0.509 e. The zero-order valence-electron chi connectivity index (χ0n) is 45.4. The van der Waals surface area contributed by atoms with E-state index in [1.165, 1.54) is 39.2 Å². The molecular formula is C66H73N4OPt-3. The van der Waals surface area contributed by atoms with Crippen molar-refractivity contribution in [3.05, 3.63) is 209 Å². The van der Waals surface area contributed by atoms with Crippen LogP contribution in [-0.2, 0) is 53.6 Å². The van der Waals surface area contributed by atoms with E-state index in [-0.39, 0.29) is 42.7 Å². The Morgan fingerprint density at radius 1 is 0.444 bits per heavy atom. The van der Waals surface area contributed by atoms with Gasteiger partial charge < -0.3 is 19.1 Å². The van der Waals surface area contributed by atoms with Crippen LogP contribution in [0.4, 0.5) is 11.4 Å². The van der Waals surface area contributed by atoms with Gasteiger partial charge in [-0.3, -0.25) is 0 Å². The number of anilines is 2. The van der Waals surface area contributed by atoms with E-state index >= 15 is 0 Å². The van der Waals surface area contributed by atoms with Gasteiger partial charge in [0.25, 0.3) is 0 Å². The molecule has 0 unspecified atom stereocenters. The van der Waals surface area contributed by atoms with Gasteiger partial charge in [-0.05, 0) is 85.2 Å². The van der Waals surface area contributed by atoms with Gasteiger partial charge >= 0.3 is 0 Å². The molecule has 376 valence electrons. The molecule has 0 atom stereocenters. The zero-order chi connectivity index (χ0) is 51.1. The van der Waals surface area contributed by atoms with Crippen LogP contribution in [0.3, 0.4) is 0 Å². The van der Waals surface area contributed by atoms with Gasteiger partial charge in [0.1, 0.15) is 5.82 Å². The summed E-state index contributed by atoms with van der Waals surface area (Å²) in [6.45, 7) is 39.3. The number of aromatic nitrogens is 2. The van der Waals surface area contributed by atoms with E-state index in [9.17, 15) is 0 Å². The number of hydrogen-bond acceptors (Lipinski definition) is 4. The Balaban J connectivity index is 0.00000693. The predicted octanol–water partition coefficient (Wildman–Crippen LogP) is 17.4. The molecular weight excluding hydrogens is 1060 g/mol. The SMILES string of the molecule is CC(C)(C)c1cc(Oc2[c-]c3c(cc2)c2ccccc2n3-c2cc(C(C)(C)C)ccn2)[c-]c(N2[CH-]N(c3cc(C(C)(C)C)cc(C(C)(C)C)c3)C(C(C)(C)c3ccccc3)=C2C(C)(C)c2ccccc2)c1.[Pt]. The molecule has 0 N–H and O–H groups in total. The van der Waals surface area contributed by atoms with Gasteiger partial charge in [0.15, 0.2) is 0 Å². The van der Waals surface area contributed by atoms with E-state index in [1.54, 1.807) is 0 Å². The fraction of sp³-hybridized carbons (Fsp3) is 0.333. The van der Waals surface area contributed by atoms with Crippen molar-refractivity contribution in [2.75, 3.05) is 9.80 Å². The number of ether oxygens (including phenoxy) is 1. The van der Waals surface area contributed by atoms with Gasteiger partial charge in [-0.25, -0.2) is 4.98 Å². The van der Waals surface area contributed by atoms with Gasteiger partial charge in [0, 0.05) is 72.2 Å². The average Bonchev–Trinajstić information content (AvgIpc) is 3.89. The second-order valence-electron chi connectivity index (χ2n) is 24.9. The van der Waals surface area contributed by atoms with Crippen LogP contribution < -0.4 is 14.5 Å². The van der Waals surface area contributed by atoms with Crippen molar-refractivity contribution < 1.29 is 25.8 Å². The first-order valence-electron chi connectivity index (χ1n) is 25.4. The first-order valence-corrected chi connectivity index (χ1v) is 25.4. The van der Waals surface area contributed by atoms with Crippen LogP contribution in [0.5, 0.6) is 11.5 Å². The standard InChI is InChI=1S/C66H73N4O.Pt/c1-61(2,3)46-33-34-67-58(40-46)70-56-30-24-23-29-54(56)55-32-31-52(42-57(55)70)71-53-39-49(64(10,11)12)38-51(41-53)69-43-68(50-36-47(62(4,5)6)35-48(37-50)63(7,8)9)59(65(13,14)44-25-19-17-20-26-44)60(69)66(15,16)45-27-21-18-22-28-45;/h17-40,43H,1-16H3;/q-3;. The topological polar surface area (TPSA) is 33.5 Å². The summed E-state index contributed by atoms with van der Waals surface area (Å²) in [6.07, 6.45) is 1.92. The largest absolute Gasteiger partial charge is 0.509 e. The van der Waals surface area contributed by atoms with E-state index in [1.807, 2.05) is 12.3 Å². The van der Waals surface area contributed by atoms with Crippen LogP contribution in [0.25, 0.3) is 27.6 Å². The number of hydrogen-bond donors (Lipinski definition) is 0. The number of allylic oxidation sites excluding steroid dienone is 2. The monoisotopic (exact) mass is 1130 g/mol. The summed E-state index contributed by atoms with van der Waals surface area (Å²) in [5, 5.41) is 2.23. The Bertz CT molecular complexity index is 3260. The molecule has 8 aromatic rings. The molecule has 3 heterocycles. The summed E-state index contributed by atoms with van der Waals surface area (Å²) >= 11 is 0. The van der Waals surface area contributed by atoms with Gasteiger partial charge in [0.05, 0.1) is 0 Å². The van der Waals surface area contributed by atoms with Crippen molar-refractivity contribution in [3.8, 4) is 17.3 Å². The fourth-order valence-electron chi connectivity index (χ4n) is 10.1. The third kappa shape index (κ3) is 9.96. The van der Waals surface area contributed by atoms with E-state index in [4.69, 9.17) is 9.72 Å². The Kier molecular flexibility index (Phi) is 13.7. The van der Waals surface area contributed by atoms with Crippen LogP contribution in [0.1, 0.15) is 144 Å². The van der Waals surface area contributed by atoms with E-state index in [2.05, 4.69) is 277 Å². The van der Waals surface area contributed by atoms with E-state index in [0.717, 1.165) is 44.6 Å². The molecule has 6 aromatic carbocycles. The molecule has 0 saturated heterocycles.